The molecule has 124 valence electrons. The van der Waals surface area contributed by atoms with Gasteiger partial charge >= 0.3 is 0 Å². The van der Waals surface area contributed by atoms with E-state index in [1.54, 1.807) is 17.7 Å². The highest BCUT2D eigenvalue weighted by molar-refractivity contribution is 7.99. The zero-order chi connectivity index (χ0) is 16.2. The summed E-state index contributed by atoms with van der Waals surface area (Å²) < 4.78 is 5.41. The van der Waals surface area contributed by atoms with Gasteiger partial charge < -0.3 is 4.74 Å². The summed E-state index contributed by atoms with van der Waals surface area (Å²) in [7, 11) is 0. The quantitative estimate of drug-likeness (QED) is 0.513. The predicted octanol–water partition coefficient (Wildman–Crippen LogP) is 3.78. The summed E-state index contributed by atoms with van der Waals surface area (Å²) in [6, 6.07) is 10.5. The normalized spacial score (nSPS) is 15.8. The van der Waals surface area contributed by atoms with Crippen molar-refractivity contribution < 1.29 is 4.74 Å². The Morgan fingerprint density at radius 2 is 1.96 bits per heavy atom. The topological polar surface area (TPSA) is 38.2 Å². The molecule has 3 heterocycles. The van der Waals surface area contributed by atoms with Crippen LogP contribution in [0.2, 0.25) is 0 Å². The molecule has 0 N–H and O–H groups in total. The maximum atomic E-state index is 5.41. The molecular formula is C18H19N3OS2. The number of thioether (sulfide) groups is 1. The molecule has 0 saturated carbocycles. The Hall–Kier alpha value is -1.47. The number of fused-ring (bicyclic) bond motifs is 1. The molecule has 24 heavy (non-hydrogen) atoms. The second-order valence-electron chi connectivity index (χ2n) is 5.68. The van der Waals surface area contributed by atoms with E-state index in [0.717, 1.165) is 48.5 Å². The average Bonchev–Trinajstić information content (AvgIpc) is 3.08. The van der Waals surface area contributed by atoms with E-state index in [9.17, 15) is 0 Å². The van der Waals surface area contributed by atoms with Crippen LogP contribution in [0.4, 0.5) is 0 Å². The lowest BCUT2D eigenvalue weighted by Gasteiger charge is -2.26. The SMILES string of the molecule is c1ccc(-c2csc3ncnc(SCCN4CCOCC4)c23)cc1. The van der Waals surface area contributed by atoms with Gasteiger partial charge in [0.25, 0.3) is 0 Å². The van der Waals surface area contributed by atoms with Crippen LogP contribution in [-0.4, -0.2) is 53.5 Å². The standard InChI is InChI=1S/C18H19N3OS2/c1-2-4-14(5-3-1)15-12-24-18-16(15)17(19-13-20-18)23-11-8-21-6-9-22-10-7-21/h1-5,12-13H,6-11H2. The number of benzene rings is 1. The van der Waals surface area contributed by atoms with Crippen molar-refractivity contribution in [3.63, 3.8) is 0 Å². The molecule has 0 bridgehead atoms. The molecule has 0 unspecified atom stereocenters. The molecule has 0 atom stereocenters. The second kappa shape index (κ2) is 7.61. The van der Waals surface area contributed by atoms with E-state index in [1.165, 1.54) is 16.5 Å². The Kier molecular flexibility index (Phi) is 5.08. The van der Waals surface area contributed by atoms with E-state index < -0.39 is 0 Å². The maximum absolute atomic E-state index is 5.41. The van der Waals surface area contributed by atoms with Gasteiger partial charge in [-0.15, -0.1) is 23.1 Å². The molecular weight excluding hydrogens is 338 g/mol. The Balaban J connectivity index is 1.55. The number of thiophene rings is 1. The molecule has 1 aliphatic heterocycles. The molecule has 1 saturated heterocycles. The molecule has 1 fully saturated rings. The highest BCUT2D eigenvalue weighted by atomic mass is 32.2. The van der Waals surface area contributed by atoms with Crippen molar-refractivity contribution in [1.29, 1.82) is 0 Å². The lowest BCUT2D eigenvalue weighted by Crippen LogP contribution is -2.37. The zero-order valence-electron chi connectivity index (χ0n) is 13.4. The third kappa shape index (κ3) is 3.47. The summed E-state index contributed by atoms with van der Waals surface area (Å²) in [4.78, 5) is 12.5. The van der Waals surface area contributed by atoms with Crippen molar-refractivity contribution in [3.8, 4) is 11.1 Å². The minimum absolute atomic E-state index is 0.852. The van der Waals surface area contributed by atoms with E-state index in [0.29, 0.717) is 0 Å². The number of hydrogen-bond donors (Lipinski definition) is 0. The number of hydrogen-bond acceptors (Lipinski definition) is 6. The van der Waals surface area contributed by atoms with Gasteiger partial charge in [-0.3, -0.25) is 4.90 Å². The van der Waals surface area contributed by atoms with Crippen LogP contribution in [0.25, 0.3) is 21.3 Å². The highest BCUT2D eigenvalue weighted by Crippen LogP contribution is 2.37. The molecule has 6 heteroatoms. The van der Waals surface area contributed by atoms with Crippen LogP contribution in [0, 0.1) is 0 Å². The molecule has 1 aromatic carbocycles. The highest BCUT2D eigenvalue weighted by Gasteiger charge is 2.14. The first-order chi connectivity index (χ1) is 11.9. The van der Waals surface area contributed by atoms with Gasteiger partial charge in [0.2, 0.25) is 0 Å². The fourth-order valence-electron chi connectivity index (χ4n) is 2.88. The van der Waals surface area contributed by atoms with Crippen LogP contribution in [0.15, 0.2) is 47.1 Å². The molecule has 0 radical (unpaired) electrons. The Bertz CT molecular complexity index is 800. The third-order valence-corrected chi connectivity index (χ3v) is 6.03. The van der Waals surface area contributed by atoms with Crippen molar-refractivity contribution in [2.24, 2.45) is 0 Å². The van der Waals surface area contributed by atoms with Gasteiger partial charge in [-0.05, 0) is 5.56 Å². The average molecular weight is 358 g/mol. The monoisotopic (exact) mass is 357 g/mol. The van der Waals surface area contributed by atoms with Gasteiger partial charge in [0.05, 0.1) is 18.6 Å². The molecule has 0 spiro atoms. The van der Waals surface area contributed by atoms with Crippen molar-refractivity contribution in [2.45, 2.75) is 5.03 Å². The van der Waals surface area contributed by atoms with Gasteiger partial charge in [-0.1, -0.05) is 30.3 Å². The van der Waals surface area contributed by atoms with E-state index in [1.807, 2.05) is 17.8 Å². The second-order valence-corrected chi connectivity index (χ2v) is 7.62. The smallest absolute Gasteiger partial charge is 0.128 e. The third-order valence-electron chi connectivity index (χ3n) is 4.17. The van der Waals surface area contributed by atoms with Gasteiger partial charge in [0, 0.05) is 36.3 Å². The molecule has 1 aliphatic rings. The van der Waals surface area contributed by atoms with E-state index in [-0.39, 0.29) is 0 Å². The largest absolute Gasteiger partial charge is 0.379 e. The number of aromatic nitrogens is 2. The fraction of sp³-hybridized carbons (Fsp3) is 0.333. The van der Waals surface area contributed by atoms with Crippen LogP contribution < -0.4 is 0 Å². The van der Waals surface area contributed by atoms with Gasteiger partial charge in [-0.2, -0.15) is 0 Å². The maximum Gasteiger partial charge on any atom is 0.128 e. The van der Waals surface area contributed by atoms with Crippen LogP contribution in [0.3, 0.4) is 0 Å². The molecule has 4 rings (SSSR count). The van der Waals surface area contributed by atoms with Gasteiger partial charge in [0.15, 0.2) is 0 Å². The van der Waals surface area contributed by atoms with E-state index >= 15 is 0 Å². The number of rotatable bonds is 5. The van der Waals surface area contributed by atoms with Crippen molar-refractivity contribution in [3.05, 3.63) is 42.0 Å². The van der Waals surface area contributed by atoms with E-state index in [4.69, 9.17) is 4.74 Å². The summed E-state index contributed by atoms with van der Waals surface area (Å²) in [6.45, 7) is 4.85. The molecule has 4 nitrogen and oxygen atoms in total. The Morgan fingerprint density at radius 1 is 1.12 bits per heavy atom. The van der Waals surface area contributed by atoms with Crippen molar-refractivity contribution in [2.75, 3.05) is 38.6 Å². The number of nitrogens with zero attached hydrogens (tertiary/aromatic N) is 3. The lowest BCUT2D eigenvalue weighted by atomic mass is 10.1. The predicted molar refractivity (Wildman–Crippen MR) is 101 cm³/mol. The molecule has 2 aromatic heterocycles. The molecule has 0 amide bonds. The summed E-state index contributed by atoms with van der Waals surface area (Å²) in [6.07, 6.45) is 1.69. The fourth-order valence-corrected chi connectivity index (χ4v) is 4.88. The van der Waals surface area contributed by atoms with Gasteiger partial charge in [0.1, 0.15) is 16.2 Å². The van der Waals surface area contributed by atoms with Crippen LogP contribution in [0.1, 0.15) is 0 Å². The zero-order valence-corrected chi connectivity index (χ0v) is 15.0. The Labute approximate surface area is 149 Å². The Morgan fingerprint density at radius 3 is 2.79 bits per heavy atom. The number of ether oxygens (including phenoxy) is 1. The summed E-state index contributed by atoms with van der Waals surface area (Å²) in [5.41, 5.74) is 2.47. The summed E-state index contributed by atoms with van der Waals surface area (Å²) in [5, 5.41) is 4.48. The summed E-state index contributed by atoms with van der Waals surface area (Å²) in [5.74, 6) is 1.04. The lowest BCUT2D eigenvalue weighted by molar-refractivity contribution is 0.0410. The van der Waals surface area contributed by atoms with E-state index in [2.05, 4.69) is 44.5 Å². The first kappa shape index (κ1) is 16.0. The van der Waals surface area contributed by atoms with Crippen molar-refractivity contribution in [1.82, 2.24) is 14.9 Å². The van der Waals surface area contributed by atoms with Gasteiger partial charge in [-0.25, -0.2) is 9.97 Å². The van der Waals surface area contributed by atoms with Crippen molar-refractivity contribution >= 4 is 33.3 Å². The number of morpholine rings is 1. The molecule has 0 aliphatic carbocycles. The van der Waals surface area contributed by atoms with Crippen LogP contribution in [0.5, 0.6) is 0 Å². The molecule has 3 aromatic rings. The first-order valence-electron chi connectivity index (χ1n) is 8.12. The van der Waals surface area contributed by atoms with Crippen LogP contribution in [-0.2, 0) is 4.74 Å². The minimum atomic E-state index is 0.852. The minimum Gasteiger partial charge on any atom is -0.379 e. The van der Waals surface area contributed by atoms with Crippen LogP contribution >= 0.6 is 23.1 Å². The first-order valence-corrected chi connectivity index (χ1v) is 9.99. The summed E-state index contributed by atoms with van der Waals surface area (Å²) >= 11 is 3.52.